The van der Waals surface area contributed by atoms with Crippen LogP contribution in [0.1, 0.15) is 10.5 Å². The van der Waals surface area contributed by atoms with E-state index in [1.807, 2.05) is 0 Å². The number of phenolic OH excluding ortho intramolecular Hbond substituents is 1. The van der Waals surface area contributed by atoms with E-state index in [-0.39, 0.29) is 11.7 Å². The predicted molar refractivity (Wildman–Crippen MR) is 55.9 cm³/mol. The number of carbonyl (C=O) groups excluding carboxylic acids is 1. The van der Waals surface area contributed by atoms with E-state index < -0.39 is 0 Å². The number of aromatic nitrogens is 1. The molecule has 78 valence electrons. The van der Waals surface area contributed by atoms with Crippen LogP contribution in [0, 0.1) is 0 Å². The van der Waals surface area contributed by atoms with Crippen LogP contribution in [0.15, 0.2) is 24.3 Å². The van der Waals surface area contributed by atoms with E-state index >= 15 is 0 Å². The molecule has 0 bridgehead atoms. The molecule has 0 radical (unpaired) electrons. The highest BCUT2D eigenvalue weighted by Crippen LogP contribution is 2.23. The number of benzene rings is 1. The fourth-order valence-electron chi connectivity index (χ4n) is 1.62. The van der Waals surface area contributed by atoms with Crippen LogP contribution in [-0.4, -0.2) is 22.8 Å². The second-order valence-electron chi connectivity index (χ2n) is 3.32. The van der Waals surface area contributed by atoms with E-state index in [0.717, 1.165) is 10.9 Å². The van der Waals surface area contributed by atoms with Crippen molar-refractivity contribution in [2.75, 3.05) is 7.11 Å². The normalized spacial score (nSPS) is 10.5. The third-order valence-corrected chi connectivity index (χ3v) is 2.42. The van der Waals surface area contributed by atoms with Crippen molar-refractivity contribution in [1.29, 1.82) is 0 Å². The van der Waals surface area contributed by atoms with Crippen LogP contribution in [0.4, 0.5) is 0 Å². The average molecular weight is 205 g/mol. The minimum atomic E-state index is -0.381. The van der Waals surface area contributed by atoms with Gasteiger partial charge in [0.05, 0.1) is 12.6 Å². The van der Waals surface area contributed by atoms with Crippen molar-refractivity contribution in [3.8, 4) is 5.75 Å². The molecule has 4 nitrogen and oxygen atoms in total. The Morgan fingerprint density at radius 1 is 1.40 bits per heavy atom. The molecule has 0 atom stereocenters. The van der Waals surface area contributed by atoms with E-state index in [1.165, 1.54) is 7.11 Å². The summed E-state index contributed by atoms with van der Waals surface area (Å²) < 4.78 is 6.35. The zero-order valence-electron chi connectivity index (χ0n) is 8.52. The van der Waals surface area contributed by atoms with Crippen molar-refractivity contribution in [1.82, 2.24) is 4.57 Å². The van der Waals surface area contributed by atoms with Crippen LogP contribution in [-0.2, 0) is 11.8 Å². The molecule has 4 heteroatoms. The summed E-state index contributed by atoms with van der Waals surface area (Å²) in [6.07, 6.45) is 0. The smallest absolute Gasteiger partial charge is 0.354 e. The van der Waals surface area contributed by atoms with Gasteiger partial charge >= 0.3 is 5.97 Å². The molecular formula is C11H11NO3. The summed E-state index contributed by atoms with van der Waals surface area (Å²) in [6, 6.07) is 6.70. The molecule has 1 aromatic carbocycles. The molecule has 0 saturated carbocycles. The van der Waals surface area contributed by atoms with Crippen LogP contribution in [0.25, 0.3) is 10.9 Å². The lowest BCUT2D eigenvalue weighted by Crippen LogP contribution is -2.06. The summed E-state index contributed by atoms with van der Waals surface area (Å²) in [5.74, 6) is -0.201. The minimum absolute atomic E-state index is 0.181. The second-order valence-corrected chi connectivity index (χ2v) is 3.32. The number of phenols is 1. The fourth-order valence-corrected chi connectivity index (χ4v) is 1.62. The van der Waals surface area contributed by atoms with E-state index in [0.29, 0.717) is 5.69 Å². The van der Waals surface area contributed by atoms with Crippen LogP contribution in [0.2, 0.25) is 0 Å². The predicted octanol–water partition coefficient (Wildman–Crippen LogP) is 1.67. The Balaban J connectivity index is 2.69. The molecule has 1 aromatic heterocycles. The maximum atomic E-state index is 11.4. The van der Waals surface area contributed by atoms with Gasteiger partial charge in [0.15, 0.2) is 0 Å². The van der Waals surface area contributed by atoms with Gasteiger partial charge in [-0.3, -0.25) is 0 Å². The maximum Gasteiger partial charge on any atom is 0.354 e. The number of aryl methyl sites for hydroxylation is 1. The topological polar surface area (TPSA) is 51.5 Å². The zero-order chi connectivity index (χ0) is 11.0. The van der Waals surface area contributed by atoms with Crippen LogP contribution in [0.5, 0.6) is 5.75 Å². The molecule has 1 N–H and O–H groups in total. The average Bonchev–Trinajstić information content (AvgIpc) is 2.55. The van der Waals surface area contributed by atoms with Gasteiger partial charge < -0.3 is 14.4 Å². The van der Waals surface area contributed by atoms with E-state index in [4.69, 9.17) is 0 Å². The molecule has 2 rings (SSSR count). The monoisotopic (exact) mass is 205 g/mol. The summed E-state index contributed by atoms with van der Waals surface area (Å²) in [5, 5.41) is 10.2. The van der Waals surface area contributed by atoms with Gasteiger partial charge in [-0.05, 0) is 18.2 Å². The summed E-state index contributed by atoms with van der Waals surface area (Å²) >= 11 is 0. The SMILES string of the molecule is COC(=O)c1cc2ccc(O)cc2n1C. The summed E-state index contributed by atoms with van der Waals surface area (Å²) in [6.45, 7) is 0. The number of methoxy groups -OCH3 is 1. The number of hydrogen-bond donors (Lipinski definition) is 1. The van der Waals surface area contributed by atoms with E-state index in [9.17, 15) is 9.90 Å². The first-order valence-corrected chi connectivity index (χ1v) is 4.50. The number of esters is 1. The third-order valence-electron chi connectivity index (χ3n) is 2.42. The first kappa shape index (κ1) is 9.58. The van der Waals surface area contributed by atoms with Crippen LogP contribution >= 0.6 is 0 Å². The van der Waals surface area contributed by atoms with Gasteiger partial charge in [0.1, 0.15) is 11.4 Å². The summed E-state index contributed by atoms with van der Waals surface area (Å²) in [7, 11) is 3.10. The minimum Gasteiger partial charge on any atom is -0.508 e. The van der Waals surface area contributed by atoms with Crippen molar-refractivity contribution >= 4 is 16.9 Å². The molecule has 0 aliphatic heterocycles. The molecule has 0 unspecified atom stereocenters. The maximum absolute atomic E-state index is 11.4. The lowest BCUT2D eigenvalue weighted by molar-refractivity contribution is 0.0590. The Bertz CT molecular complexity index is 528. The zero-order valence-corrected chi connectivity index (χ0v) is 8.52. The Morgan fingerprint density at radius 2 is 2.13 bits per heavy atom. The Morgan fingerprint density at radius 3 is 2.80 bits per heavy atom. The standard InChI is InChI=1S/C11H11NO3/c1-12-9-6-8(13)4-3-7(9)5-10(12)11(14)15-2/h3-6,13H,1-2H3. The summed E-state index contributed by atoms with van der Waals surface area (Å²) in [4.78, 5) is 11.4. The van der Waals surface area contributed by atoms with Crippen molar-refractivity contribution < 1.29 is 14.6 Å². The van der Waals surface area contributed by atoms with Crippen molar-refractivity contribution in [2.24, 2.45) is 7.05 Å². The van der Waals surface area contributed by atoms with Gasteiger partial charge in [-0.15, -0.1) is 0 Å². The molecule has 1 heterocycles. The molecule has 0 aliphatic rings. The lowest BCUT2D eigenvalue weighted by Gasteiger charge is -2.01. The summed E-state index contributed by atoms with van der Waals surface area (Å²) in [5.41, 5.74) is 1.27. The Kier molecular flexibility index (Phi) is 2.11. The van der Waals surface area contributed by atoms with Crippen molar-refractivity contribution in [3.05, 3.63) is 30.0 Å². The third kappa shape index (κ3) is 1.44. The van der Waals surface area contributed by atoms with Gasteiger partial charge in [0.2, 0.25) is 0 Å². The van der Waals surface area contributed by atoms with Gasteiger partial charge in [0, 0.05) is 18.5 Å². The van der Waals surface area contributed by atoms with Crippen LogP contribution < -0.4 is 0 Å². The number of carbonyl (C=O) groups is 1. The van der Waals surface area contributed by atoms with E-state index in [2.05, 4.69) is 4.74 Å². The molecular weight excluding hydrogens is 194 g/mol. The fraction of sp³-hybridized carbons (Fsp3) is 0.182. The van der Waals surface area contributed by atoms with Gasteiger partial charge in [-0.25, -0.2) is 4.79 Å². The number of hydrogen-bond acceptors (Lipinski definition) is 3. The first-order valence-electron chi connectivity index (χ1n) is 4.50. The Hall–Kier alpha value is -1.97. The van der Waals surface area contributed by atoms with Crippen molar-refractivity contribution in [2.45, 2.75) is 0 Å². The van der Waals surface area contributed by atoms with E-state index in [1.54, 1.807) is 35.9 Å². The highest BCUT2D eigenvalue weighted by Gasteiger charge is 2.13. The highest BCUT2D eigenvalue weighted by molar-refractivity contribution is 5.95. The molecule has 15 heavy (non-hydrogen) atoms. The molecule has 2 aromatic rings. The number of fused-ring (bicyclic) bond motifs is 1. The molecule has 0 aliphatic carbocycles. The number of nitrogens with zero attached hydrogens (tertiary/aromatic N) is 1. The largest absolute Gasteiger partial charge is 0.508 e. The highest BCUT2D eigenvalue weighted by atomic mass is 16.5. The van der Waals surface area contributed by atoms with Gasteiger partial charge in [-0.1, -0.05) is 0 Å². The Labute approximate surface area is 86.7 Å². The number of aromatic hydroxyl groups is 1. The molecule has 0 amide bonds. The van der Waals surface area contributed by atoms with Gasteiger partial charge in [0.25, 0.3) is 0 Å². The lowest BCUT2D eigenvalue weighted by atomic mass is 10.2. The van der Waals surface area contributed by atoms with Gasteiger partial charge in [-0.2, -0.15) is 0 Å². The molecule has 0 saturated heterocycles. The number of rotatable bonds is 1. The molecule has 0 fully saturated rings. The second kappa shape index (κ2) is 3.31. The first-order chi connectivity index (χ1) is 7.13. The number of ether oxygens (including phenoxy) is 1. The quantitative estimate of drug-likeness (QED) is 0.720. The van der Waals surface area contributed by atoms with Crippen LogP contribution in [0.3, 0.4) is 0 Å². The molecule has 0 spiro atoms. The van der Waals surface area contributed by atoms with Crippen molar-refractivity contribution in [3.63, 3.8) is 0 Å².